The summed E-state index contributed by atoms with van der Waals surface area (Å²) in [5.74, 6) is 0.548. The van der Waals surface area contributed by atoms with Gasteiger partial charge in [-0.15, -0.1) is 0 Å². The minimum Gasteiger partial charge on any atom is -0.450 e. The number of benzene rings is 1. The zero-order valence-electron chi connectivity index (χ0n) is 12.4. The number of hydrogen-bond acceptors (Lipinski definition) is 5. The number of piperazine rings is 1. The predicted octanol–water partition coefficient (Wildman–Crippen LogP) is 1.20. The van der Waals surface area contributed by atoms with Gasteiger partial charge < -0.3 is 14.5 Å². The molecule has 0 radical (unpaired) electrons. The third-order valence-corrected chi connectivity index (χ3v) is 3.71. The topological polar surface area (TPSA) is 78.5 Å². The van der Waals surface area contributed by atoms with Crippen molar-refractivity contribution < 1.29 is 9.53 Å². The number of carbonyl (C=O) groups excluding carboxylic acids is 1. The van der Waals surface area contributed by atoms with Crippen LogP contribution in [-0.2, 0) is 4.74 Å². The molecule has 2 heterocycles. The average molecular weight is 302 g/mol. The van der Waals surface area contributed by atoms with Crippen LogP contribution in [0.3, 0.4) is 0 Å². The van der Waals surface area contributed by atoms with E-state index in [1.165, 1.54) is 0 Å². The molecule has 3 rings (SSSR count). The third kappa shape index (κ3) is 2.74. The fourth-order valence-corrected chi connectivity index (χ4v) is 2.54. The lowest BCUT2D eigenvalue weighted by atomic mass is 10.2. The maximum Gasteiger partial charge on any atom is 0.409 e. The largest absolute Gasteiger partial charge is 0.450 e. The molecule has 0 saturated carbocycles. The van der Waals surface area contributed by atoms with Gasteiger partial charge >= 0.3 is 6.09 Å². The zero-order chi connectivity index (χ0) is 15.5. The SMILES string of the molecule is CCOC(=O)N1CCN(c2nc3ccccc3c(=O)[nH]2)CC1. The molecule has 1 aromatic heterocycles. The van der Waals surface area contributed by atoms with Crippen LogP contribution >= 0.6 is 0 Å². The van der Waals surface area contributed by atoms with Crippen LogP contribution in [0.2, 0.25) is 0 Å². The van der Waals surface area contributed by atoms with Crippen LogP contribution in [-0.4, -0.2) is 53.7 Å². The van der Waals surface area contributed by atoms with Crippen LogP contribution in [0.25, 0.3) is 10.9 Å². The van der Waals surface area contributed by atoms with E-state index in [2.05, 4.69) is 9.97 Å². The van der Waals surface area contributed by atoms with E-state index in [4.69, 9.17) is 4.74 Å². The van der Waals surface area contributed by atoms with Crippen LogP contribution in [0.1, 0.15) is 6.92 Å². The second-order valence-corrected chi connectivity index (χ2v) is 5.08. The van der Waals surface area contributed by atoms with Gasteiger partial charge in [0.15, 0.2) is 0 Å². The van der Waals surface area contributed by atoms with Crippen LogP contribution in [0.5, 0.6) is 0 Å². The van der Waals surface area contributed by atoms with Gasteiger partial charge in [0.2, 0.25) is 5.95 Å². The highest BCUT2D eigenvalue weighted by Crippen LogP contribution is 2.14. The lowest BCUT2D eigenvalue weighted by Gasteiger charge is -2.34. The molecule has 22 heavy (non-hydrogen) atoms. The molecule has 1 aromatic carbocycles. The Morgan fingerprint density at radius 3 is 2.73 bits per heavy atom. The number of amides is 1. The van der Waals surface area contributed by atoms with E-state index in [0.717, 1.165) is 0 Å². The maximum absolute atomic E-state index is 12.1. The molecule has 0 bridgehead atoms. The monoisotopic (exact) mass is 302 g/mol. The number of nitrogens with zero attached hydrogens (tertiary/aromatic N) is 3. The van der Waals surface area contributed by atoms with Crippen molar-refractivity contribution in [3.05, 3.63) is 34.6 Å². The highest BCUT2D eigenvalue weighted by molar-refractivity contribution is 5.78. The lowest BCUT2D eigenvalue weighted by Crippen LogP contribution is -2.49. The molecule has 7 heteroatoms. The number of carbonyl (C=O) groups is 1. The van der Waals surface area contributed by atoms with Gasteiger partial charge in [-0.25, -0.2) is 9.78 Å². The number of rotatable bonds is 2. The molecule has 1 saturated heterocycles. The molecule has 7 nitrogen and oxygen atoms in total. The van der Waals surface area contributed by atoms with Gasteiger partial charge in [0, 0.05) is 26.2 Å². The van der Waals surface area contributed by atoms with Gasteiger partial charge in [-0.3, -0.25) is 9.78 Å². The van der Waals surface area contributed by atoms with Gasteiger partial charge in [0.1, 0.15) is 0 Å². The molecule has 116 valence electrons. The third-order valence-electron chi connectivity index (χ3n) is 3.71. The van der Waals surface area contributed by atoms with Gasteiger partial charge in [-0.05, 0) is 19.1 Å². The van der Waals surface area contributed by atoms with Crippen molar-refractivity contribution in [3.63, 3.8) is 0 Å². The molecule has 1 amide bonds. The first kappa shape index (κ1) is 14.4. The highest BCUT2D eigenvalue weighted by atomic mass is 16.6. The van der Waals surface area contributed by atoms with Crippen molar-refractivity contribution in [1.82, 2.24) is 14.9 Å². The Morgan fingerprint density at radius 2 is 2.00 bits per heavy atom. The first-order chi connectivity index (χ1) is 10.7. The number of hydrogen-bond donors (Lipinski definition) is 1. The zero-order valence-corrected chi connectivity index (χ0v) is 12.4. The summed E-state index contributed by atoms with van der Waals surface area (Å²) in [6.07, 6.45) is -0.290. The maximum atomic E-state index is 12.1. The van der Waals surface area contributed by atoms with E-state index < -0.39 is 0 Å². The number of aromatic amines is 1. The Balaban J connectivity index is 1.76. The minimum atomic E-state index is -0.290. The summed E-state index contributed by atoms with van der Waals surface area (Å²) in [4.78, 5) is 34.7. The summed E-state index contributed by atoms with van der Waals surface area (Å²) >= 11 is 0. The Kier molecular flexibility index (Phi) is 3.95. The van der Waals surface area contributed by atoms with Crippen molar-refractivity contribution in [1.29, 1.82) is 0 Å². The molecule has 0 aliphatic carbocycles. The fourth-order valence-electron chi connectivity index (χ4n) is 2.54. The summed E-state index contributed by atoms with van der Waals surface area (Å²) in [7, 11) is 0. The molecule has 1 N–H and O–H groups in total. The summed E-state index contributed by atoms with van der Waals surface area (Å²) in [5.41, 5.74) is 0.530. The number of para-hydroxylation sites is 1. The Bertz CT molecular complexity index is 735. The minimum absolute atomic E-state index is 0.145. The van der Waals surface area contributed by atoms with Crippen molar-refractivity contribution in [3.8, 4) is 0 Å². The van der Waals surface area contributed by atoms with E-state index >= 15 is 0 Å². The number of ether oxygens (including phenoxy) is 1. The van der Waals surface area contributed by atoms with Gasteiger partial charge in [-0.1, -0.05) is 12.1 Å². The van der Waals surface area contributed by atoms with Crippen LogP contribution in [0.15, 0.2) is 29.1 Å². The first-order valence-corrected chi connectivity index (χ1v) is 7.34. The number of fused-ring (bicyclic) bond motifs is 1. The molecule has 0 atom stereocenters. The van der Waals surface area contributed by atoms with E-state index in [0.29, 0.717) is 49.6 Å². The molecule has 0 spiro atoms. The average Bonchev–Trinajstić information content (AvgIpc) is 2.55. The number of H-pyrrole nitrogens is 1. The second kappa shape index (κ2) is 6.05. The highest BCUT2D eigenvalue weighted by Gasteiger charge is 2.23. The van der Waals surface area contributed by atoms with Crippen molar-refractivity contribution in [2.24, 2.45) is 0 Å². The van der Waals surface area contributed by atoms with E-state index in [1.807, 2.05) is 23.1 Å². The molecule has 0 unspecified atom stereocenters. The van der Waals surface area contributed by atoms with Gasteiger partial charge in [0.25, 0.3) is 5.56 Å². The number of aromatic nitrogens is 2. The van der Waals surface area contributed by atoms with E-state index in [9.17, 15) is 9.59 Å². The Hall–Kier alpha value is -2.57. The van der Waals surface area contributed by atoms with Gasteiger partial charge in [0.05, 0.1) is 17.5 Å². The molecule has 2 aromatic rings. The lowest BCUT2D eigenvalue weighted by molar-refractivity contribution is 0.105. The second-order valence-electron chi connectivity index (χ2n) is 5.08. The molecule has 1 aliphatic heterocycles. The predicted molar refractivity (Wildman–Crippen MR) is 83.2 cm³/mol. The standard InChI is InChI=1S/C15H18N4O3/c1-2-22-15(21)19-9-7-18(8-10-19)14-16-12-6-4-3-5-11(12)13(20)17-14/h3-6H,2,7-10H2,1H3,(H,16,17,20). The van der Waals surface area contributed by atoms with Crippen molar-refractivity contribution in [2.45, 2.75) is 6.92 Å². The van der Waals surface area contributed by atoms with E-state index in [-0.39, 0.29) is 11.7 Å². The quantitative estimate of drug-likeness (QED) is 0.902. The first-order valence-electron chi connectivity index (χ1n) is 7.34. The number of nitrogens with one attached hydrogen (secondary N) is 1. The van der Waals surface area contributed by atoms with Gasteiger partial charge in [-0.2, -0.15) is 0 Å². The normalized spacial score (nSPS) is 15.1. The summed E-state index contributed by atoms with van der Waals surface area (Å²) in [5, 5.41) is 0.580. The molecule has 1 fully saturated rings. The van der Waals surface area contributed by atoms with Crippen molar-refractivity contribution in [2.75, 3.05) is 37.7 Å². The summed E-state index contributed by atoms with van der Waals surface area (Å²) in [6.45, 7) is 4.49. The van der Waals surface area contributed by atoms with Crippen molar-refractivity contribution >= 4 is 22.9 Å². The van der Waals surface area contributed by atoms with Crippen LogP contribution in [0.4, 0.5) is 10.7 Å². The Morgan fingerprint density at radius 1 is 1.27 bits per heavy atom. The van der Waals surface area contributed by atoms with Crippen LogP contribution < -0.4 is 10.5 Å². The van der Waals surface area contributed by atoms with Crippen LogP contribution in [0, 0.1) is 0 Å². The Labute approximate surface area is 127 Å². The smallest absolute Gasteiger partial charge is 0.409 e. The number of anilines is 1. The molecular weight excluding hydrogens is 284 g/mol. The summed E-state index contributed by atoms with van der Waals surface area (Å²) < 4.78 is 4.99. The fraction of sp³-hybridized carbons (Fsp3) is 0.400. The summed E-state index contributed by atoms with van der Waals surface area (Å²) in [6, 6.07) is 7.25. The molecular formula is C15H18N4O3. The van der Waals surface area contributed by atoms with E-state index in [1.54, 1.807) is 17.9 Å². The molecule has 1 aliphatic rings.